The minimum Gasteiger partial charge on any atom is -0.338 e. The Morgan fingerprint density at radius 2 is 1.85 bits per heavy atom. The molecule has 0 N–H and O–H groups in total. The number of benzene rings is 1. The monoisotopic (exact) mass is 289 g/mol. The quantitative estimate of drug-likeness (QED) is 0.852. The first-order valence-corrected chi connectivity index (χ1v) is 7.16. The van der Waals surface area contributed by atoms with Crippen molar-refractivity contribution >= 4 is 17.5 Å². The van der Waals surface area contributed by atoms with Crippen LogP contribution in [0.4, 0.5) is 0 Å². The number of aromatic nitrogens is 2. The van der Waals surface area contributed by atoms with Gasteiger partial charge in [-0.3, -0.25) is 4.79 Å². The van der Waals surface area contributed by atoms with Crippen molar-refractivity contribution < 1.29 is 4.79 Å². The fourth-order valence-corrected chi connectivity index (χ4v) is 2.91. The summed E-state index contributed by atoms with van der Waals surface area (Å²) < 4.78 is 1.63. The van der Waals surface area contributed by atoms with Gasteiger partial charge in [-0.2, -0.15) is 5.10 Å². The van der Waals surface area contributed by atoms with Crippen LogP contribution in [0.3, 0.4) is 0 Å². The van der Waals surface area contributed by atoms with Crippen molar-refractivity contribution in [3.05, 3.63) is 46.7 Å². The van der Waals surface area contributed by atoms with Crippen molar-refractivity contribution in [2.45, 2.75) is 19.8 Å². The molecule has 0 radical (unpaired) electrons. The number of para-hydroxylation sites is 1. The summed E-state index contributed by atoms with van der Waals surface area (Å²) in [5, 5.41) is 4.80. The summed E-state index contributed by atoms with van der Waals surface area (Å²) in [7, 11) is 0. The largest absolute Gasteiger partial charge is 0.338 e. The molecule has 1 aliphatic heterocycles. The molecule has 5 heteroatoms. The smallest absolute Gasteiger partial charge is 0.258 e. The Morgan fingerprint density at radius 1 is 1.20 bits per heavy atom. The van der Waals surface area contributed by atoms with Crippen LogP contribution in [-0.4, -0.2) is 33.7 Å². The summed E-state index contributed by atoms with van der Waals surface area (Å²) in [5.41, 5.74) is 2.06. The molecule has 4 nitrogen and oxygen atoms in total. The molecule has 1 aromatic heterocycles. The lowest BCUT2D eigenvalue weighted by Crippen LogP contribution is -2.28. The van der Waals surface area contributed by atoms with E-state index in [4.69, 9.17) is 11.6 Å². The van der Waals surface area contributed by atoms with Gasteiger partial charge in [-0.05, 0) is 31.9 Å². The minimum atomic E-state index is -0.00724. The maximum atomic E-state index is 12.5. The summed E-state index contributed by atoms with van der Waals surface area (Å²) in [6.07, 6.45) is 2.13. The highest BCUT2D eigenvalue weighted by Crippen LogP contribution is 2.26. The molecule has 1 aromatic carbocycles. The lowest BCUT2D eigenvalue weighted by atomic mass is 10.2. The fourth-order valence-electron chi connectivity index (χ4n) is 2.56. The standard InChI is InChI=1S/C15H16ClN3O/c1-11-13(15(20)18-9-5-6-10-18)14(16)19(17-11)12-7-3-2-4-8-12/h2-4,7-8H,5-6,9-10H2,1H3. The number of halogens is 1. The number of nitrogens with zero attached hydrogens (tertiary/aromatic N) is 3. The molecular weight excluding hydrogens is 274 g/mol. The van der Waals surface area contributed by atoms with Gasteiger partial charge in [0.25, 0.3) is 5.91 Å². The van der Waals surface area contributed by atoms with E-state index in [1.165, 1.54) is 0 Å². The number of likely N-dealkylation sites (tertiary alicyclic amines) is 1. The summed E-state index contributed by atoms with van der Waals surface area (Å²) in [4.78, 5) is 14.4. The molecule has 0 unspecified atom stereocenters. The molecule has 104 valence electrons. The molecule has 0 atom stereocenters. The van der Waals surface area contributed by atoms with E-state index in [0.717, 1.165) is 31.6 Å². The van der Waals surface area contributed by atoms with Crippen LogP contribution in [-0.2, 0) is 0 Å². The number of aryl methyl sites for hydroxylation is 1. The zero-order valence-corrected chi connectivity index (χ0v) is 12.1. The zero-order valence-electron chi connectivity index (χ0n) is 11.3. The van der Waals surface area contributed by atoms with E-state index in [9.17, 15) is 4.79 Å². The molecule has 0 aliphatic carbocycles. The van der Waals surface area contributed by atoms with Crippen LogP contribution < -0.4 is 0 Å². The van der Waals surface area contributed by atoms with Gasteiger partial charge in [-0.25, -0.2) is 4.68 Å². The second-order valence-electron chi connectivity index (χ2n) is 5.00. The topological polar surface area (TPSA) is 38.1 Å². The van der Waals surface area contributed by atoms with Gasteiger partial charge in [-0.1, -0.05) is 29.8 Å². The maximum absolute atomic E-state index is 12.5. The second kappa shape index (κ2) is 5.29. The van der Waals surface area contributed by atoms with Crippen molar-refractivity contribution in [2.75, 3.05) is 13.1 Å². The Bertz CT molecular complexity index is 630. The summed E-state index contributed by atoms with van der Waals surface area (Å²) in [6, 6.07) is 9.62. The molecule has 3 rings (SSSR count). The molecule has 0 saturated carbocycles. The second-order valence-corrected chi connectivity index (χ2v) is 5.36. The summed E-state index contributed by atoms with van der Waals surface area (Å²) in [6.45, 7) is 3.45. The van der Waals surface area contributed by atoms with Crippen LogP contribution in [0.1, 0.15) is 28.9 Å². The van der Waals surface area contributed by atoms with Crippen molar-refractivity contribution in [2.24, 2.45) is 0 Å². The van der Waals surface area contributed by atoms with Gasteiger partial charge in [0.15, 0.2) is 0 Å². The SMILES string of the molecule is Cc1nn(-c2ccccc2)c(Cl)c1C(=O)N1CCCC1. The average Bonchev–Trinajstić information content (AvgIpc) is 3.08. The Hall–Kier alpha value is -1.81. The van der Waals surface area contributed by atoms with Crippen LogP contribution in [0.15, 0.2) is 30.3 Å². The van der Waals surface area contributed by atoms with Crippen LogP contribution in [0, 0.1) is 6.92 Å². The normalized spacial score (nSPS) is 14.8. The van der Waals surface area contributed by atoms with E-state index in [-0.39, 0.29) is 5.91 Å². The van der Waals surface area contributed by atoms with Gasteiger partial charge in [0.1, 0.15) is 5.15 Å². The molecule has 20 heavy (non-hydrogen) atoms. The molecular formula is C15H16ClN3O. The number of hydrogen-bond donors (Lipinski definition) is 0. The molecule has 1 aliphatic rings. The molecule has 2 aromatic rings. The van der Waals surface area contributed by atoms with Crippen LogP contribution in [0.5, 0.6) is 0 Å². The minimum absolute atomic E-state index is 0.00724. The van der Waals surface area contributed by atoms with Gasteiger partial charge >= 0.3 is 0 Å². The van der Waals surface area contributed by atoms with E-state index in [2.05, 4.69) is 5.10 Å². The number of carbonyl (C=O) groups is 1. The van der Waals surface area contributed by atoms with E-state index >= 15 is 0 Å². The number of carbonyl (C=O) groups excluding carboxylic acids is 1. The summed E-state index contributed by atoms with van der Waals surface area (Å²) in [5.74, 6) is -0.00724. The first-order chi connectivity index (χ1) is 9.68. The average molecular weight is 290 g/mol. The van der Waals surface area contributed by atoms with Gasteiger partial charge in [0.05, 0.1) is 16.9 Å². The van der Waals surface area contributed by atoms with Crippen LogP contribution >= 0.6 is 11.6 Å². The lowest BCUT2D eigenvalue weighted by Gasteiger charge is -2.14. The van der Waals surface area contributed by atoms with Crippen molar-refractivity contribution in [3.63, 3.8) is 0 Å². The van der Waals surface area contributed by atoms with Crippen LogP contribution in [0.25, 0.3) is 5.69 Å². The molecule has 1 amide bonds. The summed E-state index contributed by atoms with van der Waals surface area (Å²) >= 11 is 6.39. The molecule has 1 saturated heterocycles. The Balaban J connectivity index is 2.01. The predicted octanol–water partition coefficient (Wildman–Crippen LogP) is 3.07. The molecule has 0 spiro atoms. The van der Waals surface area contributed by atoms with Crippen LogP contribution in [0.2, 0.25) is 5.15 Å². The van der Waals surface area contributed by atoms with Crippen molar-refractivity contribution in [1.82, 2.24) is 14.7 Å². The third kappa shape index (κ3) is 2.20. The Labute approximate surface area is 123 Å². The van der Waals surface area contributed by atoms with E-state index in [1.54, 1.807) is 4.68 Å². The third-order valence-corrected chi connectivity index (χ3v) is 3.96. The molecule has 0 bridgehead atoms. The van der Waals surface area contributed by atoms with Crippen molar-refractivity contribution in [3.8, 4) is 5.69 Å². The van der Waals surface area contributed by atoms with Gasteiger partial charge < -0.3 is 4.90 Å². The van der Waals surface area contributed by atoms with Gasteiger partial charge in [0.2, 0.25) is 0 Å². The lowest BCUT2D eigenvalue weighted by molar-refractivity contribution is 0.0792. The Kier molecular flexibility index (Phi) is 3.49. The highest BCUT2D eigenvalue weighted by atomic mass is 35.5. The predicted molar refractivity (Wildman–Crippen MR) is 78.4 cm³/mol. The fraction of sp³-hybridized carbons (Fsp3) is 0.333. The number of hydrogen-bond acceptors (Lipinski definition) is 2. The van der Waals surface area contributed by atoms with E-state index in [1.807, 2.05) is 42.2 Å². The molecule has 1 fully saturated rings. The highest BCUT2D eigenvalue weighted by molar-refractivity contribution is 6.33. The highest BCUT2D eigenvalue weighted by Gasteiger charge is 2.27. The van der Waals surface area contributed by atoms with Gasteiger partial charge in [0, 0.05) is 13.1 Å². The maximum Gasteiger partial charge on any atom is 0.258 e. The van der Waals surface area contributed by atoms with Gasteiger partial charge in [-0.15, -0.1) is 0 Å². The van der Waals surface area contributed by atoms with E-state index < -0.39 is 0 Å². The van der Waals surface area contributed by atoms with Crippen molar-refractivity contribution in [1.29, 1.82) is 0 Å². The third-order valence-electron chi connectivity index (χ3n) is 3.61. The first kappa shape index (κ1) is 13.2. The molecule has 2 heterocycles. The van der Waals surface area contributed by atoms with E-state index in [0.29, 0.717) is 16.4 Å². The first-order valence-electron chi connectivity index (χ1n) is 6.78. The zero-order chi connectivity index (χ0) is 14.1. The number of amides is 1. The Morgan fingerprint density at radius 3 is 2.50 bits per heavy atom. The number of rotatable bonds is 2.